The number of nitrogens with one attached hydrogen (secondary N) is 1. The lowest BCUT2D eigenvalue weighted by atomic mass is 10.0. The standard InChI is InChI=1S/C23H24F2N2O4/c1-30-20-15-16(8-9-19(20)31-23(24)25)12-13-26-21(28)10-11-22(29)27-14-4-6-17-5-2-3-7-18(17)27/h2-3,5,7-11,15,23H,4,6,12-14H2,1H3,(H,26,28). The van der Waals surface area contributed by atoms with Gasteiger partial charge in [0.15, 0.2) is 11.5 Å². The van der Waals surface area contributed by atoms with Crippen molar-refractivity contribution in [1.82, 2.24) is 5.32 Å². The number of methoxy groups -OCH3 is 1. The quantitative estimate of drug-likeness (QED) is 0.651. The second-order valence-corrected chi connectivity index (χ2v) is 6.96. The number of amides is 2. The van der Waals surface area contributed by atoms with E-state index in [2.05, 4.69) is 10.1 Å². The van der Waals surface area contributed by atoms with Crippen molar-refractivity contribution < 1.29 is 27.8 Å². The van der Waals surface area contributed by atoms with Gasteiger partial charge in [-0.2, -0.15) is 8.78 Å². The van der Waals surface area contributed by atoms with Crippen molar-refractivity contribution in [3.63, 3.8) is 0 Å². The molecular formula is C23H24F2N2O4. The lowest BCUT2D eigenvalue weighted by molar-refractivity contribution is -0.117. The molecule has 2 amide bonds. The van der Waals surface area contributed by atoms with Crippen LogP contribution in [-0.2, 0) is 22.4 Å². The number of aryl methyl sites for hydroxylation is 1. The van der Waals surface area contributed by atoms with Crippen LogP contribution in [0.25, 0.3) is 0 Å². The number of fused-ring (bicyclic) bond motifs is 1. The van der Waals surface area contributed by atoms with Crippen molar-refractivity contribution in [3.05, 3.63) is 65.7 Å². The molecule has 0 unspecified atom stereocenters. The van der Waals surface area contributed by atoms with Crippen molar-refractivity contribution in [1.29, 1.82) is 0 Å². The van der Waals surface area contributed by atoms with Crippen LogP contribution in [0.4, 0.5) is 14.5 Å². The number of rotatable bonds is 8. The fourth-order valence-corrected chi connectivity index (χ4v) is 3.45. The summed E-state index contributed by atoms with van der Waals surface area (Å²) in [6, 6.07) is 12.4. The van der Waals surface area contributed by atoms with Crippen LogP contribution in [0.1, 0.15) is 17.5 Å². The van der Waals surface area contributed by atoms with Gasteiger partial charge in [0.1, 0.15) is 0 Å². The smallest absolute Gasteiger partial charge is 0.387 e. The van der Waals surface area contributed by atoms with Gasteiger partial charge in [-0.05, 0) is 48.6 Å². The molecule has 0 radical (unpaired) electrons. The molecule has 0 fully saturated rings. The van der Waals surface area contributed by atoms with Gasteiger partial charge in [-0.15, -0.1) is 0 Å². The summed E-state index contributed by atoms with van der Waals surface area (Å²) in [6.07, 6.45) is 4.77. The highest BCUT2D eigenvalue weighted by atomic mass is 19.3. The number of hydrogen-bond donors (Lipinski definition) is 1. The second kappa shape index (κ2) is 10.6. The first-order valence-electron chi connectivity index (χ1n) is 9.95. The molecule has 0 bridgehead atoms. The minimum Gasteiger partial charge on any atom is -0.493 e. The maximum Gasteiger partial charge on any atom is 0.387 e. The summed E-state index contributed by atoms with van der Waals surface area (Å²) < 4.78 is 34.2. The van der Waals surface area contributed by atoms with Gasteiger partial charge < -0.3 is 19.7 Å². The number of ether oxygens (including phenoxy) is 2. The summed E-state index contributed by atoms with van der Waals surface area (Å²) >= 11 is 0. The highest BCUT2D eigenvalue weighted by Gasteiger charge is 2.20. The van der Waals surface area contributed by atoms with Gasteiger partial charge in [0.05, 0.1) is 7.11 Å². The zero-order valence-corrected chi connectivity index (χ0v) is 17.1. The van der Waals surface area contributed by atoms with Crippen molar-refractivity contribution in [2.45, 2.75) is 25.9 Å². The van der Waals surface area contributed by atoms with Gasteiger partial charge in [-0.1, -0.05) is 24.3 Å². The summed E-state index contributed by atoms with van der Waals surface area (Å²) in [5.74, 6) is -0.479. The number of anilines is 1. The number of nitrogens with zero attached hydrogens (tertiary/aromatic N) is 1. The molecule has 31 heavy (non-hydrogen) atoms. The third kappa shape index (κ3) is 6.04. The average molecular weight is 430 g/mol. The van der Waals surface area contributed by atoms with Gasteiger partial charge in [-0.3, -0.25) is 9.59 Å². The minimum absolute atomic E-state index is 0.0500. The van der Waals surface area contributed by atoms with Crippen molar-refractivity contribution >= 4 is 17.5 Å². The number of halogens is 2. The van der Waals surface area contributed by atoms with Crippen LogP contribution in [0.3, 0.4) is 0 Å². The minimum atomic E-state index is -2.94. The first kappa shape index (κ1) is 22.3. The van der Waals surface area contributed by atoms with Gasteiger partial charge in [0, 0.05) is 30.9 Å². The molecule has 1 heterocycles. The Morgan fingerprint density at radius 3 is 2.74 bits per heavy atom. The molecule has 1 aliphatic heterocycles. The Bertz CT molecular complexity index is 962. The Morgan fingerprint density at radius 2 is 1.97 bits per heavy atom. The molecule has 0 saturated carbocycles. The highest BCUT2D eigenvalue weighted by molar-refractivity contribution is 6.05. The largest absolute Gasteiger partial charge is 0.493 e. The summed E-state index contributed by atoms with van der Waals surface area (Å²) in [5, 5.41) is 2.70. The van der Waals surface area contributed by atoms with Crippen molar-refractivity contribution in [2.75, 3.05) is 25.1 Å². The van der Waals surface area contributed by atoms with Gasteiger partial charge >= 0.3 is 6.61 Å². The number of hydrogen-bond acceptors (Lipinski definition) is 4. The molecule has 1 aliphatic rings. The van der Waals surface area contributed by atoms with E-state index in [1.807, 2.05) is 24.3 Å². The molecule has 0 spiro atoms. The molecule has 1 N–H and O–H groups in total. The number of carbonyl (C=O) groups is 2. The monoisotopic (exact) mass is 430 g/mol. The van der Waals surface area contributed by atoms with Crippen LogP contribution < -0.4 is 19.7 Å². The van der Waals surface area contributed by atoms with E-state index >= 15 is 0 Å². The zero-order chi connectivity index (χ0) is 22.2. The second-order valence-electron chi connectivity index (χ2n) is 6.96. The summed E-state index contributed by atoms with van der Waals surface area (Å²) in [6.45, 7) is -2.01. The molecule has 0 aromatic heterocycles. The van der Waals surface area contributed by atoms with Crippen LogP contribution in [0.2, 0.25) is 0 Å². The molecule has 3 rings (SSSR count). The van der Waals surface area contributed by atoms with E-state index in [-0.39, 0.29) is 23.3 Å². The van der Waals surface area contributed by atoms with E-state index < -0.39 is 6.61 Å². The Hall–Kier alpha value is -3.42. The van der Waals surface area contributed by atoms with Crippen molar-refractivity contribution in [2.24, 2.45) is 0 Å². The van der Waals surface area contributed by atoms with E-state index in [1.54, 1.807) is 17.0 Å². The maximum absolute atomic E-state index is 12.5. The number of para-hydroxylation sites is 1. The first-order valence-corrected chi connectivity index (χ1v) is 9.95. The normalized spacial score (nSPS) is 13.2. The molecule has 0 saturated heterocycles. The molecular weight excluding hydrogens is 406 g/mol. The van der Waals surface area contributed by atoms with Crippen LogP contribution in [0.5, 0.6) is 11.5 Å². The van der Waals surface area contributed by atoms with E-state index in [0.717, 1.165) is 29.7 Å². The third-order valence-corrected chi connectivity index (χ3v) is 4.91. The molecule has 2 aromatic rings. The van der Waals surface area contributed by atoms with Gasteiger partial charge in [0.25, 0.3) is 5.91 Å². The molecule has 8 heteroatoms. The van der Waals surface area contributed by atoms with Gasteiger partial charge in [0.2, 0.25) is 5.91 Å². The maximum atomic E-state index is 12.5. The molecule has 2 aromatic carbocycles. The molecule has 0 atom stereocenters. The fraction of sp³-hybridized carbons (Fsp3) is 0.304. The predicted octanol–water partition coefficient (Wildman–Crippen LogP) is 3.49. The molecule has 0 aliphatic carbocycles. The van der Waals surface area contributed by atoms with Crippen LogP contribution >= 0.6 is 0 Å². The molecule has 6 nitrogen and oxygen atoms in total. The predicted molar refractivity (Wildman–Crippen MR) is 113 cm³/mol. The fourth-order valence-electron chi connectivity index (χ4n) is 3.45. The Labute approximate surface area is 179 Å². The van der Waals surface area contributed by atoms with Crippen molar-refractivity contribution in [3.8, 4) is 11.5 Å². The van der Waals surface area contributed by atoms with Crippen LogP contribution in [0.15, 0.2) is 54.6 Å². The van der Waals surface area contributed by atoms with E-state index in [4.69, 9.17) is 4.74 Å². The summed E-state index contributed by atoms with van der Waals surface area (Å²) in [7, 11) is 1.36. The lowest BCUT2D eigenvalue weighted by Crippen LogP contribution is -2.34. The topological polar surface area (TPSA) is 67.9 Å². The first-order chi connectivity index (χ1) is 15.0. The Morgan fingerprint density at radius 1 is 1.16 bits per heavy atom. The van der Waals surface area contributed by atoms with Crippen LogP contribution in [-0.4, -0.2) is 38.6 Å². The average Bonchev–Trinajstić information content (AvgIpc) is 2.77. The number of benzene rings is 2. The number of alkyl halides is 2. The summed E-state index contributed by atoms with van der Waals surface area (Å²) in [5.41, 5.74) is 2.79. The zero-order valence-electron chi connectivity index (χ0n) is 17.1. The number of carbonyl (C=O) groups excluding carboxylic acids is 2. The SMILES string of the molecule is COc1cc(CCNC(=O)C=CC(=O)N2CCCc3ccccc32)ccc1OC(F)F. The van der Waals surface area contributed by atoms with Crippen LogP contribution in [0, 0.1) is 0 Å². The van der Waals surface area contributed by atoms with E-state index in [0.29, 0.717) is 19.5 Å². The molecule has 164 valence electrons. The highest BCUT2D eigenvalue weighted by Crippen LogP contribution is 2.29. The Balaban J connectivity index is 1.50. The van der Waals surface area contributed by atoms with E-state index in [9.17, 15) is 18.4 Å². The van der Waals surface area contributed by atoms with Gasteiger partial charge in [-0.25, -0.2) is 0 Å². The van der Waals surface area contributed by atoms with E-state index in [1.165, 1.54) is 25.3 Å². The summed E-state index contributed by atoms with van der Waals surface area (Å²) in [4.78, 5) is 26.3. The third-order valence-electron chi connectivity index (χ3n) is 4.91. The Kier molecular flexibility index (Phi) is 7.59. The lowest BCUT2D eigenvalue weighted by Gasteiger charge is -2.28.